The van der Waals surface area contributed by atoms with Gasteiger partial charge < -0.3 is 10.2 Å². The van der Waals surface area contributed by atoms with Crippen molar-refractivity contribution >= 4 is 32.6 Å². The Kier molecular flexibility index (Phi) is 4.93. The number of hydrogen-bond acceptors (Lipinski definition) is 4. The lowest BCUT2D eigenvalue weighted by Gasteiger charge is -2.31. The second-order valence-corrected chi connectivity index (χ2v) is 8.41. The topological polar surface area (TPSA) is 45.2 Å². The van der Waals surface area contributed by atoms with Crippen molar-refractivity contribution < 1.29 is 4.79 Å². The van der Waals surface area contributed by atoms with Crippen LogP contribution in [-0.4, -0.2) is 30.0 Å². The number of amides is 1. The van der Waals surface area contributed by atoms with Gasteiger partial charge in [-0.3, -0.25) is 4.79 Å². The molecular weight excluding hydrogens is 330 g/mol. The van der Waals surface area contributed by atoms with Gasteiger partial charge >= 0.3 is 0 Å². The fourth-order valence-corrected chi connectivity index (χ4v) is 5.12. The minimum absolute atomic E-state index is 0.179. The minimum Gasteiger partial charge on any atom is -0.353 e. The molecule has 0 unspecified atom stereocenters. The molecule has 2 aromatic rings. The lowest BCUT2D eigenvalue weighted by molar-refractivity contribution is -0.126. The molecule has 1 N–H and O–H groups in total. The van der Waals surface area contributed by atoms with Crippen LogP contribution in [0.2, 0.25) is 0 Å². The van der Waals surface area contributed by atoms with Crippen LogP contribution in [0.25, 0.3) is 10.2 Å². The third-order valence-electron chi connectivity index (χ3n) is 5.69. The first-order valence-electron chi connectivity index (χ1n) is 9.67. The van der Waals surface area contributed by atoms with Gasteiger partial charge in [0.1, 0.15) is 0 Å². The van der Waals surface area contributed by atoms with E-state index in [-0.39, 0.29) is 11.8 Å². The van der Waals surface area contributed by atoms with Gasteiger partial charge in [0, 0.05) is 25.0 Å². The number of nitrogens with zero attached hydrogens (tertiary/aromatic N) is 2. The summed E-state index contributed by atoms with van der Waals surface area (Å²) in [5.41, 5.74) is 2.46. The summed E-state index contributed by atoms with van der Waals surface area (Å²) in [5, 5.41) is 4.38. The van der Waals surface area contributed by atoms with Crippen molar-refractivity contribution in [2.45, 2.75) is 57.9 Å². The third-order valence-corrected chi connectivity index (χ3v) is 6.77. The molecule has 0 radical (unpaired) electrons. The molecule has 1 amide bonds. The van der Waals surface area contributed by atoms with E-state index in [0.717, 1.165) is 55.8 Å². The number of aryl methyl sites for hydroxylation is 1. The van der Waals surface area contributed by atoms with E-state index in [1.807, 2.05) is 0 Å². The van der Waals surface area contributed by atoms with Crippen LogP contribution in [0.5, 0.6) is 0 Å². The number of fused-ring (bicyclic) bond motifs is 1. The molecule has 5 heteroatoms. The molecule has 134 valence electrons. The van der Waals surface area contributed by atoms with Crippen LogP contribution in [0.15, 0.2) is 18.2 Å². The van der Waals surface area contributed by atoms with Gasteiger partial charge in [-0.25, -0.2) is 4.98 Å². The second-order valence-electron chi connectivity index (χ2n) is 7.40. The third kappa shape index (κ3) is 3.66. The van der Waals surface area contributed by atoms with Crippen LogP contribution < -0.4 is 10.2 Å². The Hall–Kier alpha value is -1.62. The van der Waals surface area contributed by atoms with Crippen molar-refractivity contribution in [2.75, 3.05) is 18.0 Å². The van der Waals surface area contributed by atoms with Crippen LogP contribution >= 0.6 is 11.3 Å². The van der Waals surface area contributed by atoms with Gasteiger partial charge in [0.05, 0.1) is 10.2 Å². The zero-order valence-corrected chi connectivity index (χ0v) is 15.8. The Labute approximate surface area is 153 Å². The van der Waals surface area contributed by atoms with Gasteiger partial charge in [0.25, 0.3) is 0 Å². The summed E-state index contributed by atoms with van der Waals surface area (Å²) in [4.78, 5) is 19.6. The highest BCUT2D eigenvalue weighted by Gasteiger charge is 2.28. The largest absolute Gasteiger partial charge is 0.353 e. The van der Waals surface area contributed by atoms with Crippen molar-refractivity contribution in [1.29, 1.82) is 0 Å². The summed E-state index contributed by atoms with van der Waals surface area (Å²) >= 11 is 1.78. The molecule has 1 aliphatic carbocycles. The van der Waals surface area contributed by atoms with Gasteiger partial charge in [-0.05, 0) is 49.8 Å². The molecule has 0 bridgehead atoms. The average Bonchev–Trinajstić information content (AvgIpc) is 3.30. The number of hydrogen-bond donors (Lipinski definition) is 1. The Bertz CT molecular complexity index is 742. The quantitative estimate of drug-likeness (QED) is 0.895. The first-order chi connectivity index (χ1) is 12.2. The Morgan fingerprint density at radius 1 is 1.24 bits per heavy atom. The number of thiazole rings is 1. The van der Waals surface area contributed by atoms with E-state index in [1.54, 1.807) is 11.3 Å². The van der Waals surface area contributed by atoms with Crippen molar-refractivity contribution in [3.05, 3.63) is 23.8 Å². The molecule has 25 heavy (non-hydrogen) atoms. The van der Waals surface area contributed by atoms with Crippen molar-refractivity contribution in [3.8, 4) is 0 Å². The minimum atomic E-state index is 0.179. The van der Waals surface area contributed by atoms with E-state index in [4.69, 9.17) is 4.98 Å². The Morgan fingerprint density at radius 2 is 2.00 bits per heavy atom. The number of carbonyl (C=O) groups is 1. The zero-order chi connectivity index (χ0) is 17.2. The number of nitrogens with one attached hydrogen (secondary N) is 1. The predicted molar refractivity (Wildman–Crippen MR) is 104 cm³/mol. The molecule has 1 aromatic carbocycles. The molecule has 1 aliphatic heterocycles. The number of carbonyl (C=O) groups excluding carboxylic acids is 1. The van der Waals surface area contributed by atoms with Gasteiger partial charge in [-0.15, -0.1) is 0 Å². The van der Waals surface area contributed by atoms with Gasteiger partial charge in [0.15, 0.2) is 5.13 Å². The Balaban J connectivity index is 1.37. The molecule has 1 saturated carbocycles. The molecule has 4 rings (SSSR count). The highest BCUT2D eigenvalue weighted by molar-refractivity contribution is 7.22. The van der Waals surface area contributed by atoms with Crippen molar-refractivity contribution in [1.82, 2.24) is 10.3 Å². The van der Waals surface area contributed by atoms with Gasteiger partial charge in [0.2, 0.25) is 5.91 Å². The molecule has 0 spiro atoms. The molecule has 2 heterocycles. The highest BCUT2D eigenvalue weighted by Crippen LogP contribution is 2.32. The maximum absolute atomic E-state index is 12.5. The van der Waals surface area contributed by atoms with Crippen molar-refractivity contribution in [2.24, 2.45) is 5.92 Å². The van der Waals surface area contributed by atoms with Crippen LogP contribution in [-0.2, 0) is 11.2 Å². The van der Waals surface area contributed by atoms with Gasteiger partial charge in [-0.1, -0.05) is 37.2 Å². The standard InChI is InChI=1S/C20H27N3OS/c1-2-14-7-8-17-18(13-14)25-20(22-17)23-11-9-15(10-12-23)19(24)21-16-5-3-4-6-16/h7-8,13,15-16H,2-6,9-12H2,1H3,(H,21,24). The fourth-order valence-electron chi connectivity index (χ4n) is 4.03. The summed E-state index contributed by atoms with van der Waals surface area (Å²) in [7, 11) is 0. The monoisotopic (exact) mass is 357 g/mol. The number of rotatable bonds is 4. The van der Waals surface area contributed by atoms with E-state index in [9.17, 15) is 4.79 Å². The molecular formula is C20H27N3OS. The molecule has 1 saturated heterocycles. The predicted octanol–water partition coefficient (Wildman–Crippen LogP) is 4.13. The van der Waals surface area contributed by atoms with E-state index in [1.165, 1.54) is 23.1 Å². The Morgan fingerprint density at radius 3 is 2.72 bits per heavy atom. The maximum atomic E-state index is 12.5. The number of piperidine rings is 1. The van der Waals surface area contributed by atoms with Crippen molar-refractivity contribution in [3.63, 3.8) is 0 Å². The normalized spacial score (nSPS) is 19.6. The number of anilines is 1. The lowest BCUT2D eigenvalue weighted by Crippen LogP contribution is -2.43. The smallest absolute Gasteiger partial charge is 0.223 e. The zero-order valence-electron chi connectivity index (χ0n) is 15.0. The van der Waals surface area contributed by atoms with Gasteiger partial charge in [-0.2, -0.15) is 0 Å². The van der Waals surface area contributed by atoms with Crippen LogP contribution in [0.4, 0.5) is 5.13 Å². The average molecular weight is 358 g/mol. The first-order valence-corrected chi connectivity index (χ1v) is 10.5. The second kappa shape index (κ2) is 7.32. The SMILES string of the molecule is CCc1ccc2nc(N3CCC(C(=O)NC4CCCC4)CC3)sc2c1. The highest BCUT2D eigenvalue weighted by atomic mass is 32.1. The fraction of sp³-hybridized carbons (Fsp3) is 0.600. The van der Waals surface area contributed by atoms with E-state index >= 15 is 0 Å². The first kappa shape index (κ1) is 16.8. The summed E-state index contributed by atoms with van der Waals surface area (Å²) in [6, 6.07) is 7.00. The summed E-state index contributed by atoms with van der Waals surface area (Å²) in [5.74, 6) is 0.460. The number of benzene rings is 1. The van der Waals surface area contributed by atoms with E-state index in [0.29, 0.717) is 6.04 Å². The molecule has 4 nitrogen and oxygen atoms in total. The molecule has 2 fully saturated rings. The van der Waals surface area contributed by atoms with Crippen LogP contribution in [0.3, 0.4) is 0 Å². The molecule has 0 atom stereocenters. The number of aromatic nitrogens is 1. The maximum Gasteiger partial charge on any atom is 0.223 e. The summed E-state index contributed by atoms with van der Waals surface area (Å²) < 4.78 is 1.27. The van der Waals surface area contributed by atoms with Crippen LogP contribution in [0.1, 0.15) is 51.0 Å². The summed E-state index contributed by atoms with van der Waals surface area (Å²) in [6.07, 6.45) is 7.79. The van der Waals surface area contributed by atoms with Crippen LogP contribution in [0, 0.1) is 5.92 Å². The van der Waals surface area contributed by atoms with E-state index < -0.39 is 0 Å². The van der Waals surface area contributed by atoms with E-state index in [2.05, 4.69) is 35.3 Å². The molecule has 2 aliphatic rings. The summed E-state index contributed by atoms with van der Waals surface area (Å²) in [6.45, 7) is 4.05. The lowest BCUT2D eigenvalue weighted by atomic mass is 9.96. The molecule has 1 aromatic heterocycles.